The van der Waals surface area contributed by atoms with E-state index in [1.807, 2.05) is 12.1 Å². The molecular formula is C37H48N2O3. The summed E-state index contributed by atoms with van der Waals surface area (Å²) < 4.78 is 0. The van der Waals surface area contributed by atoms with Crippen molar-refractivity contribution in [1.29, 1.82) is 0 Å². The van der Waals surface area contributed by atoms with Gasteiger partial charge < -0.3 is 15.3 Å². The van der Waals surface area contributed by atoms with Crippen molar-refractivity contribution >= 4 is 10.9 Å². The van der Waals surface area contributed by atoms with Crippen LogP contribution in [0.15, 0.2) is 54.6 Å². The Hall–Kier alpha value is -2.34. The average molecular weight is 569 g/mol. The highest BCUT2D eigenvalue weighted by Gasteiger charge is 2.65. The molecule has 1 aromatic heterocycles. The summed E-state index contributed by atoms with van der Waals surface area (Å²) in [4.78, 5) is 10.1. The van der Waals surface area contributed by atoms with Gasteiger partial charge in [-0.15, -0.1) is 0 Å². The largest absolute Gasteiger partial charge is 0.393 e. The van der Waals surface area contributed by atoms with Crippen molar-refractivity contribution in [1.82, 2.24) is 9.97 Å². The van der Waals surface area contributed by atoms with E-state index in [2.05, 4.69) is 63.2 Å². The smallest absolute Gasteiger partial charge is 0.129 e. The van der Waals surface area contributed by atoms with Crippen molar-refractivity contribution in [2.45, 2.75) is 96.9 Å². The molecule has 2 aromatic carbocycles. The van der Waals surface area contributed by atoms with Gasteiger partial charge in [0.25, 0.3) is 0 Å². The Morgan fingerprint density at radius 3 is 2.43 bits per heavy atom. The number of aliphatic hydroxyl groups is 3. The second-order valence-electron chi connectivity index (χ2n) is 14.9. The number of para-hydroxylation sites is 1. The molecule has 1 heterocycles. The second-order valence-corrected chi connectivity index (χ2v) is 14.9. The van der Waals surface area contributed by atoms with E-state index in [4.69, 9.17) is 9.97 Å². The molecule has 0 amide bonds. The van der Waals surface area contributed by atoms with E-state index < -0.39 is 0 Å². The molecule has 0 radical (unpaired) electrons. The molecule has 11 atom stereocenters. The monoisotopic (exact) mass is 568 g/mol. The fourth-order valence-electron chi connectivity index (χ4n) is 10.7. The SMILES string of the molecule is C[C@H](CCc1nc(-c2ccccc2)c2ccccc2n1)[C@H]1CC[C@H]2[C@@H]3[C@H](O)C[C@@H]4C[C@H](O)CC[C@]4(C)[C@H]3C[C@H](O)[C@]12C. The molecule has 0 saturated heterocycles. The topological polar surface area (TPSA) is 86.5 Å². The van der Waals surface area contributed by atoms with Gasteiger partial charge in [0.2, 0.25) is 0 Å². The zero-order valence-corrected chi connectivity index (χ0v) is 25.5. The van der Waals surface area contributed by atoms with Gasteiger partial charge >= 0.3 is 0 Å². The van der Waals surface area contributed by atoms with Crippen LogP contribution in [0.5, 0.6) is 0 Å². The van der Waals surface area contributed by atoms with Crippen LogP contribution in [0.25, 0.3) is 22.2 Å². The normalized spacial score (nSPS) is 40.2. The Morgan fingerprint density at radius 2 is 1.62 bits per heavy atom. The molecule has 4 aliphatic carbocycles. The fourth-order valence-corrected chi connectivity index (χ4v) is 10.7. The lowest BCUT2D eigenvalue weighted by atomic mass is 9.43. The van der Waals surface area contributed by atoms with Gasteiger partial charge in [0.05, 0.1) is 29.5 Å². The Balaban J connectivity index is 1.12. The Morgan fingerprint density at radius 1 is 0.857 bits per heavy atom. The van der Waals surface area contributed by atoms with Gasteiger partial charge in [0, 0.05) is 17.4 Å². The van der Waals surface area contributed by atoms with Crippen molar-refractivity contribution in [3.63, 3.8) is 0 Å². The number of nitrogens with zero attached hydrogens (tertiary/aromatic N) is 2. The zero-order valence-electron chi connectivity index (χ0n) is 25.5. The van der Waals surface area contributed by atoms with Crippen LogP contribution in [0.4, 0.5) is 0 Å². The van der Waals surface area contributed by atoms with Crippen LogP contribution in [0.1, 0.15) is 78.0 Å². The lowest BCUT2D eigenvalue weighted by Crippen LogP contribution is -2.62. The number of rotatable bonds is 5. The number of fused-ring (bicyclic) bond motifs is 6. The predicted octanol–water partition coefficient (Wildman–Crippen LogP) is 6.83. The molecule has 3 N–H and O–H groups in total. The number of hydrogen-bond donors (Lipinski definition) is 3. The molecule has 0 bridgehead atoms. The van der Waals surface area contributed by atoms with Crippen LogP contribution in [-0.2, 0) is 6.42 Å². The van der Waals surface area contributed by atoms with Crippen molar-refractivity contribution in [2.75, 3.05) is 0 Å². The molecule has 4 aliphatic rings. The zero-order chi connectivity index (χ0) is 29.2. The third-order valence-corrected chi connectivity index (χ3v) is 13.0. The van der Waals surface area contributed by atoms with Gasteiger partial charge in [-0.05, 0) is 104 Å². The van der Waals surface area contributed by atoms with Crippen molar-refractivity contribution in [3.05, 3.63) is 60.4 Å². The van der Waals surface area contributed by atoms with Crippen LogP contribution in [0.2, 0.25) is 0 Å². The Kier molecular flexibility index (Phi) is 7.23. The summed E-state index contributed by atoms with van der Waals surface area (Å²) in [6.07, 6.45) is 7.35. The van der Waals surface area contributed by atoms with Crippen molar-refractivity contribution < 1.29 is 15.3 Å². The molecule has 5 heteroatoms. The standard InChI is InChI=1S/C37H48N2O3/c1-22(13-16-33-38-30-12-8-7-11-26(30)35(39-33)23-9-5-4-6-10-23)27-14-15-28-34-29(21-32(42)37(27,28)3)36(2)18-17-25(40)19-24(36)20-31(34)41/h4-12,22,24-25,27-29,31-32,34,40-42H,13-21H2,1-3H3/t22-,24+,25-,27-,28+,29+,31-,32+,34+,36+,37-/m1/s1. The summed E-state index contributed by atoms with van der Waals surface area (Å²) in [7, 11) is 0. The van der Waals surface area contributed by atoms with E-state index in [1.54, 1.807) is 0 Å². The first-order chi connectivity index (χ1) is 20.2. The molecular weight excluding hydrogens is 520 g/mol. The number of benzene rings is 2. The molecule has 4 saturated carbocycles. The molecule has 0 unspecified atom stereocenters. The van der Waals surface area contributed by atoms with Crippen LogP contribution < -0.4 is 0 Å². The average Bonchev–Trinajstić information content (AvgIpc) is 3.35. The summed E-state index contributed by atoms with van der Waals surface area (Å²) in [5, 5.41) is 35.0. The summed E-state index contributed by atoms with van der Waals surface area (Å²) in [6, 6.07) is 18.7. The van der Waals surface area contributed by atoms with Crippen molar-refractivity contribution in [3.8, 4) is 11.3 Å². The molecule has 42 heavy (non-hydrogen) atoms. The lowest BCUT2D eigenvalue weighted by Gasteiger charge is -2.63. The second kappa shape index (κ2) is 10.7. The molecule has 0 spiro atoms. The third-order valence-electron chi connectivity index (χ3n) is 13.0. The molecule has 0 aliphatic heterocycles. The van der Waals surface area contributed by atoms with E-state index in [0.29, 0.717) is 29.6 Å². The van der Waals surface area contributed by atoms with Crippen molar-refractivity contribution in [2.24, 2.45) is 46.3 Å². The number of hydrogen-bond acceptors (Lipinski definition) is 5. The van der Waals surface area contributed by atoms with Crippen LogP contribution in [0.3, 0.4) is 0 Å². The highest BCUT2D eigenvalue weighted by Crippen LogP contribution is 2.68. The van der Waals surface area contributed by atoms with E-state index in [1.165, 1.54) is 0 Å². The minimum atomic E-state index is -0.352. The summed E-state index contributed by atoms with van der Waals surface area (Å²) in [6.45, 7) is 7.12. The first kappa shape index (κ1) is 28.4. The summed E-state index contributed by atoms with van der Waals surface area (Å²) >= 11 is 0. The molecule has 4 fully saturated rings. The summed E-state index contributed by atoms with van der Waals surface area (Å²) in [5.41, 5.74) is 3.03. The minimum Gasteiger partial charge on any atom is -0.393 e. The van der Waals surface area contributed by atoms with Crippen LogP contribution >= 0.6 is 0 Å². The van der Waals surface area contributed by atoms with Gasteiger partial charge in [0.1, 0.15) is 5.82 Å². The molecule has 3 aromatic rings. The maximum Gasteiger partial charge on any atom is 0.129 e. The summed E-state index contributed by atoms with van der Waals surface area (Å²) in [5.74, 6) is 3.03. The van der Waals surface area contributed by atoms with Gasteiger partial charge in [-0.1, -0.05) is 69.3 Å². The predicted molar refractivity (Wildman–Crippen MR) is 166 cm³/mol. The first-order valence-corrected chi connectivity index (χ1v) is 16.6. The highest BCUT2D eigenvalue weighted by atomic mass is 16.3. The van der Waals surface area contributed by atoms with E-state index in [9.17, 15) is 15.3 Å². The lowest BCUT2D eigenvalue weighted by molar-refractivity contribution is -0.207. The van der Waals surface area contributed by atoms with E-state index in [0.717, 1.165) is 85.8 Å². The minimum absolute atomic E-state index is 0.110. The highest BCUT2D eigenvalue weighted by molar-refractivity contribution is 5.92. The maximum atomic E-state index is 12.0. The first-order valence-electron chi connectivity index (χ1n) is 16.6. The van der Waals surface area contributed by atoms with Crippen LogP contribution in [0, 0.1) is 46.3 Å². The van der Waals surface area contributed by atoms with E-state index >= 15 is 0 Å². The van der Waals surface area contributed by atoms with Gasteiger partial charge in [0.15, 0.2) is 0 Å². The maximum absolute atomic E-state index is 12.0. The Bertz CT molecular complexity index is 1430. The van der Waals surface area contributed by atoms with Gasteiger partial charge in [-0.25, -0.2) is 9.97 Å². The Labute approximate surface area is 250 Å². The quantitative estimate of drug-likeness (QED) is 0.314. The van der Waals surface area contributed by atoms with Gasteiger partial charge in [-0.3, -0.25) is 0 Å². The fraction of sp³-hybridized carbons (Fsp3) is 0.622. The number of aromatic nitrogens is 2. The van der Waals surface area contributed by atoms with E-state index in [-0.39, 0.29) is 35.1 Å². The number of aliphatic hydroxyl groups excluding tert-OH is 3. The molecule has 7 rings (SSSR count). The van der Waals surface area contributed by atoms with Gasteiger partial charge in [-0.2, -0.15) is 0 Å². The number of aryl methyl sites for hydroxylation is 1. The third kappa shape index (κ3) is 4.45. The van der Waals surface area contributed by atoms with Crippen LogP contribution in [-0.4, -0.2) is 43.6 Å². The molecule has 224 valence electrons. The molecule has 5 nitrogen and oxygen atoms in total.